The van der Waals surface area contributed by atoms with Crippen LogP contribution in [0.4, 0.5) is 0 Å². The highest BCUT2D eigenvalue weighted by Gasteiger charge is 2.18. The molecule has 0 aliphatic carbocycles. The van der Waals surface area contributed by atoms with E-state index in [1.54, 1.807) is 26.2 Å². The Morgan fingerprint density at radius 3 is 2.70 bits per heavy atom. The zero-order chi connectivity index (χ0) is 22.8. The van der Waals surface area contributed by atoms with Crippen LogP contribution in [0.2, 0.25) is 0 Å². The van der Waals surface area contributed by atoms with E-state index in [0.717, 1.165) is 28.6 Å². The predicted octanol–water partition coefficient (Wildman–Crippen LogP) is 4.92. The number of nitrogens with one attached hydrogen (secondary N) is 1. The third kappa shape index (κ3) is 4.36. The standard InChI is InChI=1S/C26H27N3O4/c1-17-25(26(30)27-2)21-8-6-19(16-24(21)32-17)33-23-9-10-28-22-15-18(5-7-20(22)23)31-14-13-29-11-3-4-12-29/h5-10,15-16H,3-4,11-14H2,1-2H3,(H,27,30). The molecule has 0 spiro atoms. The topological polar surface area (TPSA) is 76.8 Å². The Bertz CT molecular complexity index is 1310. The second-order valence-corrected chi connectivity index (χ2v) is 8.26. The number of amides is 1. The minimum Gasteiger partial charge on any atom is -0.492 e. The summed E-state index contributed by atoms with van der Waals surface area (Å²) in [4.78, 5) is 19.1. The van der Waals surface area contributed by atoms with Crippen LogP contribution in [-0.2, 0) is 0 Å². The molecule has 7 heteroatoms. The second-order valence-electron chi connectivity index (χ2n) is 8.26. The number of aromatic nitrogens is 1. The van der Waals surface area contributed by atoms with Crippen LogP contribution in [0.5, 0.6) is 17.2 Å². The lowest BCUT2D eigenvalue weighted by Gasteiger charge is -2.15. The highest BCUT2D eigenvalue weighted by molar-refractivity contribution is 6.07. The van der Waals surface area contributed by atoms with Gasteiger partial charge in [0.1, 0.15) is 35.2 Å². The van der Waals surface area contributed by atoms with Gasteiger partial charge in [-0.2, -0.15) is 0 Å². The van der Waals surface area contributed by atoms with Gasteiger partial charge in [-0.3, -0.25) is 14.7 Å². The zero-order valence-corrected chi connectivity index (χ0v) is 18.9. The van der Waals surface area contributed by atoms with Crippen LogP contribution in [0.3, 0.4) is 0 Å². The number of aryl methyl sites for hydroxylation is 1. The molecule has 2 aromatic carbocycles. The molecule has 0 bridgehead atoms. The SMILES string of the molecule is CNC(=O)c1c(C)oc2cc(Oc3ccnc4cc(OCCN5CCCC5)ccc34)ccc12. The summed E-state index contributed by atoms with van der Waals surface area (Å²) in [6, 6.07) is 13.2. The minimum absolute atomic E-state index is 0.168. The van der Waals surface area contributed by atoms with E-state index in [2.05, 4.69) is 15.2 Å². The maximum atomic E-state index is 12.2. The lowest BCUT2D eigenvalue weighted by Crippen LogP contribution is -2.25. The molecule has 0 atom stereocenters. The molecule has 0 radical (unpaired) electrons. The fourth-order valence-electron chi connectivity index (χ4n) is 4.38. The quantitative estimate of drug-likeness (QED) is 0.435. The summed E-state index contributed by atoms with van der Waals surface area (Å²) in [5.74, 6) is 2.53. The fourth-order valence-corrected chi connectivity index (χ4v) is 4.38. The summed E-state index contributed by atoms with van der Waals surface area (Å²) >= 11 is 0. The number of ether oxygens (including phenoxy) is 2. The summed E-state index contributed by atoms with van der Waals surface area (Å²) in [5, 5.41) is 4.31. The number of furan rings is 1. The van der Waals surface area contributed by atoms with Crippen LogP contribution in [0.15, 0.2) is 53.1 Å². The van der Waals surface area contributed by atoms with Crippen LogP contribution < -0.4 is 14.8 Å². The summed E-state index contributed by atoms with van der Waals surface area (Å²) in [6.07, 6.45) is 4.29. The Hall–Kier alpha value is -3.58. The average Bonchev–Trinajstić information content (AvgIpc) is 3.45. The Morgan fingerprint density at radius 1 is 1.09 bits per heavy atom. The lowest BCUT2D eigenvalue weighted by atomic mass is 10.1. The number of pyridine rings is 1. The van der Waals surface area contributed by atoms with E-state index in [9.17, 15) is 4.79 Å². The first-order valence-electron chi connectivity index (χ1n) is 11.3. The van der Waals surface area contributed by atoms with Crippen molar-refractivity contribution >= 4 is 27.8 Å². The Morgan fingerprint density at radius 2 is 1.88 bits per heavy atom. The summed E-state index contributed by atoms with van der Waals surface area (Å²) < 4.78 is 17.9. The summed E-state index contributed by atoms with van der Waals surface area (Å²) in [7, 11) is 1.61. The van der Waals surface area contributed by atoms with Gasteiger partial charge in [0.25, 0.3) is 5.91 Å². The molecule has 1 aliphatic heterocycles. The van der Waals surface area contributed by atoms with Crippen molar-refractivity contribution in [2.45, 2.75) is 19.8 Å². The number of nitrogens with zero attached hydrogens (tertiary/aromatic N) is 2. The monoisotopic (exact) mass is 445 g/mol. The molecule has 5 rings (SSSR count). The second kappa shape index (κ2) is 9.11. The molecule has 3 heterocycles. The van der Waals surface area contributed by atoms with Gasteiger partial charge in [-0.15, -0.1) is 0 Å². The van der Waals surface area contributed by atoms with Crippen molar-refractivity contribution in [1.29, 1.82) is 0 Å². The van der Waals surface area contributed by atoms with E-state index in [1.807, 2.05) is 36.4 Å². The van der Waals surface area contributed by atoms with Crippen molar-refractivity contribution in [2.24, 2.45) is 0 Å². The van der Waals surface area contributed by atoms with Crippen molar-refractivity contribution in [1.82, 2.24) is 15.2 Å². The maximum absolute atomic E-state index is 12.2. The van der Waals surface area contributed by atoms with Gasteiger partial charge in [0.05, 0.1) is 11.1 Å². The molecule has 1 N–H and O–H groups in total. The molecule has 1 amide bonds. The van der Waals surface area contributed by atoms with E-state index in [1.165, 1.54) is 25.9 Å². The van der Waals surface area contributed by atoms with Gasteiger partial charge >= 0.3 is 0 Å². The number of hydrogen-bond donors (Lipinski definition) is 1. The van der Waals surface area contributed by atoms with Crippen molar-refractivity contribution < 1.29 is 18.7 Å². The molecule has 1 aliphatic rings. The van der Waals surface area contributed by atoms with Crippen LogP contribution >= 0.6 is 0 Å². The Balaban J connectivity index is 1.35. The van der Waals surface area contributed by atoms with Crippen LogP contribution in [-0.4, -0.2) is 49.1 Å². The van der Waals surface area contributed by atoms with Crippen LogP contribution in [0.25, 0.3) is 21.9 Å². The minimum atomic E-state index is -0.168. The molecule has 33 heavy (non-hydrogen) atoms. The largest absolute Gasteiger partial charge is 0.492 e. The molecule has 7 nitrogen and oxygen atoms in total. The maximum Gasteiger partial charge on any atom is 0.255 e. The van der Waals surface area contributed by atoms with Gasteiger partial charge < -0.3 is 19.2 Å². The fraction of sp³-hybridized carbons (Fsp3) is 0.308. The average molecular weight is 446 g/mol. The number of carbonyl (C=O) groups excluding carboxylic acids is 1. The van der Waals surface area contributed by atoms with Gasteiger partial charge in [0.2, 0.25) is 0 Å². The summed E-state index contributed by atoms with van der Waals surface area (Å²) in [6.45, 7) is 5.74. The van der Waals surface area contributed by atoms with Crippen LogP contribution in [0, 0.1) is 6.92 Å². The number of rotatable bonds is 7. The number of benzene rings is 2. The lowest BCUT2D eigenvalue weighted by molar-refractivity contribution is 0.0963. The van der Waals surface area contributed by atoms with Crippen molar-refractivity contribution in [3.05, 3.63) is 60.0 Å². The van der Waals surface area contributed by atoms with E-state index in [-0.39, 0.29) is 5.91 Å². The first kappa shape index (κ1) is 21.3. The summed E-state index contributed by atoms with van der Waals surface area (Å²) in [5.41, 5.74) is 1.96. The molecule has 1 saturated heterocycles. The molecule has 0 saturated carbocycles. The van der Waals surface area contributed by atoms with Crippen LogP contribution in [0.1, 0.15) is 29.0 Å². The van der Waals surface area contributed by atoms with Gasteiger partial charge in [0, 0.05) is 42.7 Å². The number of hydrogen-bond acceptors (Lipinski definition) is 6. The number of fused-ring (bicyclic) bond motifs is 2. The predicted molar refractivity (Wildman–Crippen MR) is 127 cm³/mol. The van der Waals surface area contributed by atoms with Crippen molar-refractivity contribution in [2.75, 3.05) is 33.3 Å². The van der Waals surface area contributed by atoms with E-state index in [4.69, 9.17) is 13.9 Å². The van der Waals surface area contributed by atoms with Gasteiger partial charge in [0.15, 0.2) is 0 Å². The number of carbonyl (C=O) groups is 1. The first-order valence-corrected chi connectivity index (χ1v) is 11.3. The van der Waals surface area contributed by atoms with Gasteiger partial charge in [-0.1, -0.05) is 0 Å². The van der Waals surface area contributed by atoms with E-state index < -0.39 is 0 Å². The molecule has 2 aromatic heterocycles. The Labute approximate surface area is 192 Å². The third-order valence-corrected chi connectivity index (χ3v) is 6.07. The van der Waals surface area contributed by atoms with Crippen molar-refractivity contribution in [3.8, 4) is 17.2 Å². The molecule has 0 unspecified atom stereocenters. The van der Waals surface area contributed by atoms with Gasteiger partial charge in [-0.05, 0) is 63.2 Å². The molecular weight excluding hydrogens is 418 g/mol. The van der Waals surface area contributed by atoms with E-state index >= 15 is 0 Å². The Kier molecular flexibility index (Phi) is 5.88. The highest BCUT2D eigenvalue weighted by Crippen LogP contribution is 2.34. The first-order chi connectivity index (χ1) is 16.1. The molecule has 4 aromatic rings. The number of likely N-dealkylation sites (tertiary alicyclic amines) is 1. The van der Waals surface area contributed by atoms with Crippen molar-refractivity contribution in [3.63, 3.8) is 0 Å². The highest BCUT2D eigenvalue weighted by atomic mass is 16.5. The normalized spacial score (nSPS) is 14.1. The molecule has 1 fully saturated rings. The molecule has 170 valence electrons. The van der Waals surface area contributed by atoms with E-state index in [0.29, 0.717) is 35.0 Å². The third-order valence-electron chi connectivity index (χ3n) is 6.07. The molecular formula is C26H27N3O4. The zero-order valence-electron chi connectivity index (χ0n) is 18.9. The smallest absolute Gasteiger partial charge is 0.255 e. The van der Waals surface area contributed by atoms with Gasteiger partial charge in [-0.25, -0.2) is 0 Å².